The molecule has 0 radical (unpaired) electrons. The van der Waals surface area contributed by atoms with E-state index in [9.17, 15) is 0 Å². The van der Waals surface area contributed by atoms with E-state index in [0.717, 1.165) is 64.0 Å². The Bertz CT molecular complexity index is 1110. The molecular weight excluding hydrogens is 486 g/mol. The number of halogens is 1. The second kappa shape index (κ2) is 13.7. The summed E-state index contributed by atoms with van der Waals surface area (Å²) in [5.74, 6) is 0.685. The highest BCUT2D eigenvalue weighted by Gasteiger charge is 2.31. The van der Waals surface area contributed by atoms with E-state index in [2.05, 4.69) is 48.3 Å². The van der Waals surface area contributed by atoms with Gasteiger partial charge in [0, 0.05) is 24.2 Å². The summed E-state index contributed by atoms with van der Waals surface area (Å²) < 4.78 is 0. The highest BCUT2D eigenvalue weighted by atomic mass is 35.5. The Labute approximate surface area is 226 Å². The van der Waals surface area contributed by atoms with Crippen LogP contribution < -0.4 is 5.32 Å². The van der Waals surface area contributed by atoms with Crippen LogP contribution in [0, 0.1) is 10.8 Å². The number of thioether (sulfide) groups is 1. The van der Waals surface area contributed by atoms with Gasteiger partial charge >= 0.3 is 0 Å². The van der Waals surface area contributed by atoms with Gasteiger partial charge in [-0.3, -0.25) is 10.8 Å². The second-order valence-corrected chi connectivity index (χ2v) is 10.3. The van der Waals surface area contributed by atoms with Gasteiger partial charge in [-0.05, 0) is 47.9 Å². The molecule has 3 N–H and O–H groups in total. The average molecular weight is 524 g/mol. The lowest BCUT2D eigenvalue weighted by Crippen LogP contribution is -2.30. The predicted octanol–water partition coefficient (Wildman–Crippen LogP) is 7.92. The molecule has 0 bridgehead atoms. The number of fused-ring (bicyclic) bond motifs is 1. The molecule has 5 nitrogen and oxygen atoms in total. The maximum Gasteiger partial charge on any atom is 0.171 e. The molecule has 4 rings (SSSR count). The van der Waals surface area contributed by atoms with Crippen LogP contribution >= 0.6 is 24.2 Å². The molecule has 0 unspecified atom stereocenters. The smallest absolute Gasteiger partial charge is 0.171 e. The Balaban J connectivity index is 0.00000361. The fraction of sp³-hybridized carbons (Fsp3) is 0.414. The van der Waals surface area contributed by atoms with Gasteiger partial charge in [0.05, 0.1) is 10.6 Å². The van der Waals surface area contributed by atoms with Crippen molar-refractivity contribution in [1.29, 1.82) is 10.8 Å². The summed E-state index contributed by atoms with van der Waals surface area (Å²) in [5.41, 5.74) is 4.97. The van der Waals surface area contributed by atoms with Crippen LogP contribution in [0.1, 0.15) is 76.3 Å². The highest BCUT2D eigenvalue weighted by Crippen LogP contribution is 2.39. The Morgan fingerprint density at radius 1 is 0.806 bits per heavy atom. The summed E-state index contributed by atoms with van der Waals surface area (Å²) >= 11 is 1.59. The van der Waals surface area contributed by atoms with Crippen molar-refractivity contribution in [2.45, 2.75) is 65.2 Å². The van der Waals surface area contributed by atoms with Crippen molar-refractivity contribution in [3.05, 3.63) is 64.6 Å². The standard InChI is InChI=1S/C29H37N5S.ClH/c1-3-5-7-12-18-34(19-13-8-6-4-2)29-33-28(31)26(35-29)25-24-20-22(21-14-10-9-11-15-21)16-17-23(24)27(30)32-25;/h9-11,14-17,20,31H,3-8,12-13,18-19H2,1-2H3,(H2,30,32);1H/b26-25+,31-28?;. The van der Waals surface area contributed by atoms with Gasteiger partial charge in [-0.15, -0.1) is 12.4 Å². The molecule has 2 aliphatic heterocycles. The fourth-order valence-corrected chi connectivity index (χ4v) is 5.63. The number of nitrogens with one attached hydrogen (secondary N) is 3. The third-order valence-electron chi connectivity index (χ3n) is 6.59. The van der Waals surface area contributed by atoms with E-state index >= 15 is 0 Å². The number of hydrogen-bond acceptors (Lipinski definition) is 4. The Morgan fingerprint density at radius 2 is 1.47 bits per heavy atom. The number of nitrogens with zero attached hydrogens (tertiary/aromatic N) is 2. The molecule has 36 heavy (non-hydrogen) atoms. The monoisotopic (exact) mass is 523 g/mol. The summed E-state index contributed by atoms with van der Waals surface area (Å²) in [6.07, 6.45) is 9.78. The van der Waals surface area contributed by atoms with Gasteiger partial charge in [-0.25, -0.2) is 4.99 Å². The molecule has 0 saturated carbocycles. The third kappa shape index (κ3) is 6.60. The van der Waals surface area contributed by atoms with Crippen LogP contribution in [0.15, 0.2) is 58.4 Å². The lowest BCUT2D eigenvalue weighted by Gasteiger charge is -2.23. The zero-order valence-electron chi connectivity index (χ0n) is 21.4. The van der Waals surface area contributed by atoms with Gasteiger partial charge in [0.25, 0.3) is 0 Å². The highest BCUT2D eigenvalue weighted by molar-refractivity contribution is 8.18. The minimum Gasteiger partial charge on any atom is -0.351 e. The first-order chi connectivity index (χ1) is 17.1. The summed E-state index contributed by atoms with van der Waals surface area (Å²) in [6, 6.07) is 16.5. The first-order valence-corrected chi connectivity index (χ1v) is 13.8. The van der Waals surface area contributed by atoms with Gasteiger partial charge < -0.3 is 10.2 Å². The van der Waals surface area contributed by atoms with Crippen LogP contribution in [0.4, 0.5) is 0 Å². The molecule has 192 valence electrons. The molecule has 0 spiro atoms. The van der Waals surface area contributed by atoms with Crippen LogP contribution in [-0.4, -0.2) is 34.8 Å². The number of unbranched alkanes of at least 4 members (excludes halogenated alkanes) is 6. The molecular formula is C29H38ClN5S. The maximum atomic E-state index is 8.70. The van der Waals surface area contributed by atoms with Gasteiger partial charge in [0.1, 0.15) is 5.84 Å². The summed E-state index contributed by atoms with van der Waals surface area (Å²) in [6.45, 7) is 6.47. The molecule has 0 fully saturated rings. The molecule has 2 aromatic rings. The van der Waals surface area contributed by atoms with E-state index in [4.69, 9.17) is 15.8 Å². The molecule has 2 aromatic carbocycles. The van der Waals surface area contributed by atoms with Crippen LogP contribution in [0.25, 0.3) is 16.8 Å². The Morgan fingerprint density at radius 3 is 2.11 bits per heavy atom. The molecule has 2 heterocycles. The maximum absolute atomic E-state index is 8.70. The van der Waals surface area contributed by atoms with Crippen molar-refractivity contribution in [2.24, 2.45) is 4.99 Å². The number of rotatable bonds is 11. The van der Waals surface area contributed by atoms with Crippen LogP contribution in [-0.2, 0) is 0 Å². The lowest BCUT2D eigenvalue weighted by molar-refractivity contribution is 0.393. The van der Waals surface area contributed by atoms with E-state index in [0.29, 0.717) is 11.7 Å². The number of hydrogen-bond donors (Lipinski definition) is 3. The molecule has 0 saturated heterocycles. The predicted molar refractivity (Wildman–Crippen MR) is 159 cm³/mol. The molecule has 0 amide bonds. The average Bonchev–Trinajstić information content (AvgIpc) is 3.42. The van der Waals surface area contributed by atoms with Crippen molar-refractivity contribution in [2.75, 3.05) is 13.1 Å². The Hall–Kier alpha value is -2.57. The SMILES string of the molecule is CCCCCCN(CCCCCC)C1=NC(=N)/C(=C2\NC(=N)c3ccc(-c4ccccc4)cc32)S1.Cl. The van der Waals surface area contributed by atoms with Crippen molar-refractivity contribution in [1.82, 2.24) is 10.2 Å². The van der Waals surface area contributed by atoms with E-state index in [1.54, 1.807) is 11.8 Å². The second-order valence-electron chi connectivity index (χ2n) is 9.28. The molecule has 0 aliphatic carbocycles. The van der Waals surface area contributed by atoms with Crippen LogP contribution in [0.5, 0.6) is 0 Å². The first-order valence-electron chi connectivity index (χ1n) is 13.0. The van der Waals surface area contributed by atoms with Crippen molar-refractivity contribution < 1.29 is 0 Å². The van der Waals surface area contributed by atoms with Gasteiger partial charge in [-0.2, -0.15) is 0 Å². The zero-order chi connectivity index (χ0) is 24.6. The topological polar surface area (TPSA) is 75.3 Å². The van der Waals surface area contributed by atoms with Gasteiger partial charge in [-0.1, -0.05) is 88.8 Å². The van der Waals surface area contributed by atoms with E-state index in [-0.39, 0.29) is 12.4 Å². The first kappa shape index (κ1) is 28.0. The van der Waals surface area contributed by atoms with Gasteiger partial charge in [0.2, 0.25) is 0 Å². The molecule has 0 atom stereocenters. The normalized spacial score (nSPS) is 16.4. The number of benzene rings is 2. The molecule has 0 aromatic heterocycles. The van der Waals surface area contributed by atoms with Crippen LogP contribution in [0.3, 0.4) is 0 Å². The Kier molecular flexibility index (Phi) is 10.6. The number of aliphatic imine (C=N–C) groups is 1. The minimum absolute atomic E-state index is 0. The largest absolute Gasteiger partial charge is 0.351 e. The zero-order valence-corrected chi connectivity index (χ0v) is 23.0. The third-order valence-corrected chi connectivity index (χ3v) is 7.73. The van der Waals surface area contributed by atoms with Crippen molar-refractivity contribution >= 4 is 46.7 Å². The minimum atomic E-state index is 0. The van der Waals surface area contributed by atoms with Crippen molar-refractivity contribution in [3.63, 3.8) is 0 Å². The number of amidine groups is 3. The van der Waals surface area contributed by atoms with Gasteiger partial charge in [0.15, 0.2) is 11.0 Å². The molecule has 7 heteroatoms. The lowest BCUT2D eigenvalue weighted by atomic mass is 9.99. The van der Waals surface area contributed by atoms with E-state index < -0.39 is 0 Å². The molecule has 2 aliphatic rings. The van der Waals surface area contributed by atoms with E-state index in [1.165, 1.54) is 38.5 Å². The summed E-state index contributed by atoms with van der Waals surface area (Å²) in [4.78, 5) is 7.92. The van der Waals surface area contributed by atoms with E-state index in [1.807, 2.05) is 24.3 Å². The quantitative estimate of drug-likeness (QED) is 0.262. The summed E-state index contributed by atoms with van der Waals surface area (Å²) in [7, 11) is 0. The fourth-order valence-electron chi connectivity index (χ4n) is 4.59. The summed E-state index contributed by atoms with van der Waals surface area (Å²) in [5, 5.41) is 21.4. The van der Waals surface area contributed by atoms with Crippen molar-refractivity contribution in [3.8, 4) is 11.1 Å². The van der Waals surface area contributed by atoms with Crippen LogP contribution in [0.2, 0.25) is 0 Å².